The van der Waals surface area contributed by atoms with Crippen molar-refractivity contribution in [2.45, 2.75) is 31.4 Å². The van der Waals surface area contributed by atoms with Gasteiger partial charge in [-0.2, -0.15) is 11.8 Å². The van der Waals surface area contributed by atoms with Crippen LogP contribution in [-0.4, -0.2) is 59.9 Å². The molecule has 2 heterocycles. The molecule has 158 valence electrons. The molecule has 1 aromatic rings. The lowest BCUT2D eigenvalue weighted by atomic mass is 10.1. The lowest BCUT2D eigenvalue weighted by molar-refractivity contribution is -0.125. The van der Waals surface area contributed by atoms with Crippen LogP contribution in [0.5, 0.6) is 0 Å². The Kier molecular flexibility index (Phi) is 7.62. The van der Waals surface area contributed by atoms with Crippen molar-refractivity contribution >= 4 is 75.9 Å². The molecule has 0 aromatic heterocycles. The van der Waals surface area contributed by atoms with Crippen LogP contribution in [0.1, 0.15) is 40.0 Å². The van der Waals surface area contributed by atoms with E-state index in [9.17, 15) is 14.4 Å². The number of carbonyl (C=O) groups excluding carboxylic acids is 3. The number of amides is 3. The van der Waals surface area contributed by atoms with Crippen molar-refractivity contribution in [2.75, 3.05) is 25.2 Å². The standard InChI is InChI=1S/C18H18Cl4N2O4S/c1-29-6-4-9(16(25)23-7-8-3-2-5-28-8)24-17(26)10-11(18(24)27)13(20)15(22)14(21)12(10)19/h8-9H,2-7H2,1H3,(H,23,25)/t8-,9+/m1/s1. The Balaban J connectivity index is 1.90. The van der Waals surface area contributed by atoms with Crippen LogP contribution in [0.4, 0.5) is 0 Å². The van der Waals surface area contributed by atoms with Crippen LogP contribution in [0.25, 0.3) is 0 Å². The van der Waals surface area contributed by atoms with Gasteiger partial charge in [-0.3, -0.25) is 19.3 Å². The van der Waals surface area contributed by atoms with Crippen molar-refractivity contribution in [3.8, 4) is 0 Å². The van der Waals surface area contributed by atoms with Crippen LogP contribution >= 0.6 is 58.2 Å². The summed E-state index contributed by atoms with van der Waals surface area (Å²) in [7, 11) is 0. The molecule has 0 unspecified atom stereocenters. The SMILES string of the molecule is CSCC[C@@H](C(=O)NC[C@H]1CCCO1)N1C(=O)c2c(Cl)c(Cl)c(Cl)c(Cl)c2C1=O. The second kappa shape index (κ2) is 9.62. The minimum atomic E-state index is -1.01. The normalized spacial score (nSPS) is 19.6. The monoisotopic (exact) mass is 498 g/mol. The first-order valence-electron chi connectivity index (χ1n) is 8.91. The first-order valence-corrected chi connectivity index (χ1v) is 11.8. The predicted octanol–water partition coefficient (Wildman–Crippen LogP) is 4.31. The molecule has 1 aromatic carbocycles. The largest absolute Gasteiger partial charge is 0.376 e. The molecule has 1 fully saturated rings. The number of carbonyl (C=O) groups is 3. The molecule has 6 nitrogen and oxygen atoms in total. The summed E-state index contributed by atoms with van der Waals surface area (Å²) in [5.41, 5.74) is -0.255. The lowest BCUT2D eigenvalue weighted by Gasteiger charge is -2.25. The van der Waals surface area contributed by atoms with Gasteiger partial charge in [-0.1, -0.05) is 46.4 Å². The molecule has 11 heteroatoms. The molecular formula is C18H18Cl4N2O4S. The van der Waals surface area contributed by atoms with E-state index in [0.717, 1.165) is 17.7 Å². The van der Waals surface area contributed by atoms with E-state index in [2.05, 4.69) is 5.32 Å². The van der Waals surface area contributed by atoms with Gasteiger partial charge in [0.25, 0.3) is 11.8 Å². The Morgan fingerprint density at radius 1 is 1.14 bits per heavy atom. The number of nitrogens with zero attached hydrogens (tertiary/aromatic N) is 1. The molecule has 2 aliphatic rings. The maximum atomic E-state index is 13.1. The Morgan fingerprint density at radius 2 is 1.72 bits per heavy atom. The molecule has 2 atom stereocenters. The molecule has 0 radical (unpaired) electrons. The van der Waals surface area contributed by atoms with Crippen molar-refractivity contribution in [1.29, 1.82) is 0 Å². The molecule has 2 aliphatic heterocycles. The van der Waals surface area contributed by atoms with Gasteiger partial charge < -0.3 is 10.1 Å². The molecular weight excluding hydrogens is 482 g/mol. The van der Waals surface area contributed by atoms with Gasteiger partial charge in [0.1, 0.15) is 6.04 Å². The Morgan fingerprint density at radius 3 is 2.21 bits per heavy atom. The summed E-state index contributed by atoms with van der Waals surface area (Å²) in [6.07, 6.45) is 3.87. The van der Waals surface area contributed by atoms with E-state index in [-0.39, 0.29) is 43.7 Å². The minimum Gasteiger partial charge on any atom is -0.376 e. The van der Waals surface area contributed by atoms with Crippen LogP contribution in [0.3, 0.4) is 0 Å². The summed E-state index contributed by atoms with van der Waals surface area (Å²) in [5.74, 6) is -1.30. The van der Waals surface area contributed by atoms with Crippen molar-refractivity contribution in [2.24, 2.45) is 0 Å². The average molecular weight is 500 g/mol. The third-order valence-corrected chi connectivity index (χ3v) is 7.32. The van der Waals surface area contributed by atoms with Gasteiger partial charge in [-0.05, 0) is 31.3 Å². The fraction of sp³-hybridized carbons (Fsp3) is 0.500. The highest BCUT2D eigenvalue weighted by Gasteiger charge is 2.46. The fourth-order valence-corrected chi connectivity index (χ4v) is 4.87. The third kappa shape index (κ3) is 4.36. The highest BCUT2D eigenvalue weighted by atomic mass is 35.5. The number of hydrogen-bond donors (Lipinski definition) is 1. The van der Waals surface area contributed by atoms with Crippen molar-refractivity contribution in [1.82, 2.24) is 10.2 Å². The molecule has 1 N–H and O–H groups in total. The third-order valence-electron chi connectivity index (χ3n) is 4.87. The summed E-state index contributed by atoms with van der Waals surface area (Å²) in [4.78, 5) is 39.9. The van der Waals surface area contributed by atoms with Crippen LogP contribution < -0.4 is 5.32 Å². The number of nitrogens with one attached hydrogen (secondary N) is 1. The number of hydrogen-bond acceptors (Lipinski definition) is 5. The summed E-state index contributed by atoms with van der Waals surface area (Å²) in [6.45, 7) is 0.976. The molecule has 29 heavy (non-hydrogen) atoms. The Labute approximate surface area is 192 Å². The zero-order chi connectivity index (χ0) is 21.3. The van der Waals surface area contributed by atoms with Crippen LogP contribution in [0.15, 0.2) is 0 Å². The van der Waals surface area contributed by atoms with Gasteiger partial charge in [-0.25, -0.2) is 0 Å². The summed E-state index contributed by atoms with van der Waals surface area (Å²) >= 11 is 26.0. The number of benzene rings is 1. The van der Waals surface area contributed by atoms with Gasteiger partial charge in [0.2, 0.25) is 5.91 Å². The summed E-state index contributed by atoms with van der Waals surface area (Å²) in [6, 6.07) is -1.01. The Hall–Kier alpha value is -0.700. The van der Waals surface area contributed by atoms with E-state index in [1.54, 1.807) is 0 Å². The van der Waals surface area contributed by atoms with E-state index in [4.69, 9.17) is 51.1 Å². The first kappa shape index (κ1) is 23.0. The highest BCUT2D eigenvalue weighted by Crippen LogP contribution is 2.45. The number of fused-ring (bicyclic) bond motifs is 1. The summed E-state index contributed by atoms with van der Waals surface area (Å²) in [5, 5.41) is 2.27. The zero-order valence-electron chi connectivity index (χ0n) is 15.4. The quantitative estimate of drug-likeness (QED) is 0.343. The summed E-state index contributed by atoms with van der Waals surface area (Å²) < 4.78 is 5.51. The first-order chi connectivity index (χ1) is 13.8. The molecule has 1 saturated heterocycles. The van der Waals surface area contributed by atoms with Gasteiger partial charge in [0.15, 0.2) is 0 Å². The Bertz CT molecular complexity index is 814. The van der Waals surface area contributed by atoms with Gasteiger partial charge in [0.05, 0.1) is 37.3 Å². The maximum absolute atomic E-state index is 13.1. The molecule has 0 aliphatic carbocycles. The zero-order valence-corrected chi connectivity index (χ0v) is 19.2. The molecule has 0 spiro atoms. The van der Waals surface area contributed by atoms with E-state index in [0.29, 0.717) is 18.9 Å². The number of thioether (sulfide) groups is 1. The molecule has 0 saturated carbocycles. The number of rotatable bonds is 7. The van der Waals surface area contributed by atoms with Gasteiger partial charge in [-0.15, -0.1) is 0 Å². The van der Waals surface area contributed by atoms with Gasteiger partial charge in [0, 0.05) is 13.2 Å². The maximum Gasteiger partial charge on any atom is 0.263 e. The van der Waals surface area contributed by atoms with Crippen molar-refractivity contribution < 1.29 is 19.1 Å². The number of halogens is 4. The number of ether oxygens (including phenoxy) is 1. The predicted molar refractivity (Wildman–Crippen MR) is 116 cm³/mol. The second-order valence-corrected chi connectivity index (χ2v) is 9.16. The minimum absolute atomic E-state index is 0.0659. The highest BCUT2D eigenvalue weighted by molar-refractivity contribution is 7.98. The van der Waals surface area contributed by atoms with E-state index in [1.807, 2.05) is 6.26 Å². The molecule has 3 rings (SSSR count). The van der Waals surface area contributed by atoms with E-state index >= 15 is 0 Å². The fourth-order valence-electron chi connectivity index (χ4n) is 3.39. The van der Waals surface area contributed by atoms with E-state index in [1.165, 1.54) is 11.8 Å². The van der Waals surface area contributed by atoms with Crippen LogP contribution in [0.2, 0.25) is 20.1 Å². The van der Waals surface area contributed by atoms with Crippen LogP contribution in [-0.2, 0) is 9.53 Å². The van der Waals surface area contributed by atoms with Crippen LogP contribution in [0, 0.1) is 0 Å². The molecule has 3 amide bonds. The average Bonchev–Trinajstić information content (AvgIpc) is 3.31. The van der Waals surface area contributed by atoms with Crippen molar-refractivity contribution in [3.05, 3.63) is 31.2 Å². The molecule has 0 bridgehead atoms. The second-order valence-electron chi connectivity index (χ2n) is 6.66. The smallest absolute Gasteiger partial charge is 0.263 e. The lowest BCUT2D eigenvalue weighted by Crippen LogP contribution is -2.51. The number of imide groups is 1. The van der Waals surface area contributed by atoms with Crippen molar-refractivity contribution in [3.63, 3.8) is 0 Å². The van der Waals surface area contributed by atoms with Gasteiger partial charge >= 0.3 is 0 Å². The van der Waals surface area contributed by atoms with E-state index < -0.39 is 23.8 Å². The topological polar surface area (TPSA) is 75.7 Å².